The van der Waals surface area contributed by atoms with Crippen molar-refractivity contribution in [2.75, 3.05) is 13.2 Å². The van der Waals surface area contributed by atoms with Crippen molar-refractivity contribution >= 4 is 17.9 Å². The standard InChI is InChI=1S/C77H144O6/c1-4-7-10-13-16-19-22-24-26-28-30-32-34-36-37-38-39-41-42-44-46-48-50-52-55-58-61-64-67-70-76(79)82-73-74(72-81-75(78)69-66-63-60-57-54-21-18-15-12-9-6-3)83-77(80)71-68-65-62-59-56-53-51-49-47-45-43-40-35-33-31-29-27-25-23-20-17-14-11-8-5-2/h23,25,29,31,35,40,74H,4-22,24,26-28,30,32-34,36-39,41-73H2,1-3H3/b25-23-,31-29-,40-35-. The normalized spacial score (nSPS) is 12.2. The SMILES string of the molecule is CCCCCCC/C=C\C/C=C\C/C=C\CCCCCCCCCCCCC(=O)OC(COC(=O)CCCCCCCCCCCCC)COC(=O)CCCCCCCCCCCCCCCCCCCCCCCCCCCCCCC. The molecule has 0 aliphatic heterocycles. The topological polar surface area (TPSA) is 78.9 Å². The molecular formula is C77H144O6. The number of hydrogen-bond acceptors (Lipinski definition) is 6. The van der Waals surface area contributed by atoms with Crippen LogP contribution in [0.1, 0.15) is 419 Å². The molecule has 0 rings (SSSR count). The highest BCUT2D eigenvalue weighted by atomic mass is 16.6. The largest absolute Gasteiger partial charge is 0.462 e. The van der Waals surface area contributed by atoms with Crippen LogP contribution in [0.4, 0.5) is 0 Å². The van der Waals surface area contributed by atoms with Crippen molar-refractivity contribution in [2.45, 2.75) is 425 Å². The lowest BCUT2D eigenvalue weighted by Crippen LogP contribution is -2.30. The third kappa shape index (κ3) is 70.3. The Kier molecular flexibility index (Phi) is 70.0. The lowest BCUT2D eigenvalue weighted by Gasteiger charge is -2.18. The third-order valence-corrected chi connectivity index (χ3v) is 17.1. The van der Waals surface area contributed by atoms with Gasteiger partial charge in [-0.3, -0.25) is 14.4 Å². The number of hydrogen-bond donors (Lipinski definition) is 0. The van der Waals surface area contributed by atoms with Crippen LogP contribution in [-0.2, 0) is 28.6 Å². The summed E-state index contributed by atoms with van der Waals surface area (Å²) < 4.78 is 17.0. The molecule has 0 N–H and O–H groups in total. The van der Waals surface area contributed by atoms with Gasteiger partial charge in [-0.2, -0.15) is 0 Å². The van der Waals surface area contributed by atoms with Crippen LogP contribution in [0.5, 0.6) is 0 Å². The molecule has 1 unspecified atom stereocenters. The molecule has 0 radical (unpaired) electrons. The molecule has 0 aromatic heterocycles. The number of ether oxygens (including phenoxy) is 3. The molecule has 0 aliphatic rings. The number of carbonyl (C=O) groups is 3. The van der Waals surface area contributed by atoms with E-state index in [2.05, 4.69) is 57.2 Å². The highest BCUT2D eigenvalue weighted by Crippen LogP contribution is 2.19. The van der Waals surface area contributed by atoms with Crippen LogP contribution in [0.2, 0.25) is 0 Å². The van der Waals surface area contributed by atoms with E-state index in [-0.39, 0.29) is 31.1 Å². The lowest BCUT2D eigenvalue weighted by molar-refractivity contribution is -0.167. The maximum Gasteiger partial charge on any atom is 0.306 e. The third-order valence-electron chi connectivity index (χ3n) is 17.1. The van der Waals surface area contributed by atoms with E-state index in [4.69, 9.17) is 14.2 Å². The van der Waals surface area contributed by atoms with Gasteiger partial charge in [0, 0.05) is 19.3 Å². The Hall–Kier alpha value is -2.37. The minimum atomic E-state index is -0.772. The van der Waals surface area contributed by atoms with Crippen molar-refractivity contribution < 1.29 is 28.6 Å². The molecule has 6 heteroatoms. The fraction of sp³-hybridized carbons (Fsp3) is 0.883. The number of rotatable bonds is 70. The summed E-state index contributed by atoms with van der Waals surface area (Å²) in [4.78, 5) is 38.4. The molecule has 0 aromatic carbocycles. The summed E-state index contributed by atoms with van der Waals surface area (Å²) in [7, 11) is 0. The molecule has 0 fully saturated rings. The van der Waals surface area contributed by atoms with Crippen LogP contribution in [-0.4, -0.2) is 37.2 Å². The lowest BCUT2D eigenvalue weighted by atomic mass is 10.0. The predicted molar refractivity (Wildman–Crippen MR) is 362 cm³/mol. The summed E-state index contributed by atoms with van der Waals surface area (Å²) in [5.74, 6) is -0.842. The monoisotopic (exact) mass is 1170 g/mol. The molecule has 83 heavy (non-hydrogen) atoms. The molecule has 0 aliphatic carbocycles. The second-order valence-electron chi connectivity index (χ2n) is 25.6. The molecule has 6 nitrogen and oxygen atoms in total. The van der Waals surface area contributed by atoms with Crippen molar-refractivity contribution in [3.05, 3.63) is 36.5 Å². The summed E-state index contributed by atoms with van der Waals surface area (Å²) in [6.07, 6.45) is 90.6. The molecule has 488 valence electrons. The minimum absolute atomic E-state index is 0.0677. The molecule has 0 saturated heterocycles. The molecule has 0 bridgehead atoms. The predicted octanol–water partition coefficient (Wildman–Crippen LogP) is 25.9. The van der Waals surface area contributed by atoms with Crippen LogP contribution in [0, 0.1) is 0 Å². The van der Waals surface area contributed by atoms with Crippen molar-refractivity contribution in [1.82, 2.24) is 0 Å². The zero-order valence-corrected chi connectivity index (χ0v) is 56.2. The molecule has 0 amide bonds. The van der Waals surface area contributed by atoms with E-state index in [1.54, 1.807) is 0 Å². The fourth-order valence-corrected chi connectivity index (χ4v) is 11.5. The van der Waals surface area contributed by atoms with Gasteiger partial charge < -0.3 is 14.2 Å². The van der Waals surface area contributed by atoms with Crippen molar-refractivity contribution in [3.63, 3.8) is 0 Å². The first-order chi connectivity index (χ1) is 41.0. The second kappa shape index (κ2) is 72.1. The van der Waals surface area contributed by atoms with E-state index in [1.807, 2.05) is 0 Å². The second-order valence-corrected chi connectivity index (χ2v) is 25.6. The first-order valence-electron chi connectivity index (χ1n) is 37.5. The Bertz CT molecular complexity index is 1380. The molecule has 0 spiro atoms. The van der Waals surface area contributed by atoms with Gasteiger partial charge in [-0.1, -0.05) is 378 Å². The number of unbranched alkanes of at least 4 members (excludes halogenated alkanes) is 53. The Morgan fingerprint density at radius 3 is 0.675 bits per heavy atom. The van der Waals surface area contributed by atoms with Crippen LogP contribution in [0.3, 0.4) is 0 Å². The Labute approximate surface area is 518 Å². The minimum Gasteiger partial charge on any atom is -0.462 e. The highest BCUT2D eigenvalue weighted by Gasteiger charge is 2.20. The maximum absolute atomic E-state index is 13.0. The highest BCUT2D eigenvalue weighted by molar-refractivity contribution is 5.71. The van der Waals surface area contributed by atoms with Crippen LogP contribution < -0.4 is 0 Å². The van der Waals surface area contributed by atoms with Gasteiger partial charge in [0.2, 0.25) is 0 Å². The van der Waals surface area contributed by atoms with Gasteiger partial charge >= 0.3 is 17.9 Å². The first kappa shape index (κ1) is 80.6. The van der Waals surface area contributed by atoms with Crippen LogP contribution in [0.25, 0.3) is 0 Å². The maximum atomic E-state index is 13.0. The number of carbonyl (C=O) groups excluding carboxylic acids is 3. The van der Waals surface area contributed by atoms with Gasteiger partial charge in [-0.15, -0.1) is 0 Å². The van der Waals surface area contributed by atoms with Crippen LogP contribution >= 0.6 is 0 Å². The molecular weight excluding hydrogens is 1020 g/mol. The van der Waals surface area contributed by atoms with E-state index in [0.29, 0.717) is 19.3 Å². The van der Waals surface area contributed by atoms with Gasteiger partial charge in [0.1, 0.15) is 13.2 Å². The average Bonchev–Trinajstić information content (AvgIpc) is 3.48. The molecule has 0 heterocycles. The van der Waals surface area contributed by atoms with Gasteiger partial charge in [0.05, 0.1) is 0 Å². The van der Waals surface area contributed by atoms with E-state index < -0.39 is 6.10 Å². The zero-order valence-electron chi connectivity index (χ0n) is 56.2. The van der Waals surface area contributed by atoms with Gasteiger partial charge in [-0.25, -0.2) is 0 Å². The summed E-state index contributed by atoms with van der Waals surface area (Å²) in [5.41, 5.74) is 0. The zero-order chi connectivity index (χ0) is 59.9. The smallest absolute Gasteiger partial charge is 0.306 e. The van der Waals surface area contributed by atoms with E-state index in [1.165, 1.54) is 308 Å². The number of allylic oxidation sites excluding steroid dienone is 6. The van der Waals surface area contributed by atoms with E-state index in [9.17, 15) is 14.4 Å². The Morgan fingerprint density at radius 1 is 0.241 bits per heavy atom. The fourth-order valence-electron chi connectivity index (χ4n) is 11.5. The van der Waals surface area contributed by atoms with Crippen molar-refractivity contribution in [1.29, 1.82) is 0 Å². The van der Waals surface area contributed by atoms with Gasteiger partial charge in [-0.05, 0) is 57.8 Å². The van der Waals surface area contributed by atoms with Gasteiger partial charge in [0.25, 0.3) is 0 Å². The number of esters is 3. The Morgan fingerprint density at radius 2 is 0.434 bits per heavy atom. The quantitative estimate of drug-likeness (QED) is 0.0261. The average molecular weight is 1170 g/mol. The summed E-state index contributed by atoms with van der Waals surface area (Å²) in [6.45, 7) is 6.70. The molecule has 1 atom stereocenters. The first-order valence-corrected chi connectivity index (χ1v) is 37.5. The van der Waals surface area contributed by atoms with E-state index >= 15 is 0 Å². The van der Waals surface area contributed by atoms with E-state index in [0.717, 1.165) is 70.6 Å². The van der Waals surface area contributed by atoms with Crippen LogP contribution in [0.15, 0.2) is 36.5 Å². The van der Waals surface area contributed by atoms with Gasteiger partial charge in [0.15, 0.2) is 6.10 Å². The van der Waals surface area contributed by atoms with Crippen molar-refractivity contribution in [2.24, 2.45) is 0 Å². The van der Waals surface area contributed by atoms with Crippen molar-refractivity contribution in [3.8, 4) is 0 Å². The Balaban J connectivity index is 4.14. The molecule has 0 saturated carbocycles. The summed E-state index contributed by atoms with van der Waals surface area (Å²) >= 11 is 0. The summed E-state index contributed by atoms with van der Waals surface area (Å²) in [6, 6.07) is 0. The molecule has 0 aromatic rings. The summed E-state index contributed by atoms with van der Waals surface area (Å²) in [5, 5.41) is 0.